The van der Waals surface area contributed by atoms with Crippen LogP contribution in [0.4, 0.5) is 0 Å². The molecule has 112 valence electrons. The van der Waals surface area contributed by atoms with Crippen molar-refractivity contribution >= 4 is 5.96 Å². The molecule has 0 bridgehead atoms. The van der Waals surface area contributed by atoms with Gasteiger partial charge in [-0.15, -0.1) is 0 Å². The van der Waals surface area contributed by atoms with Crippen molar-refractivity contribution in [1.82, 2.24) is 10.2 Å². The van der Waals surface area contributed by atoms with E-state index in [1.54, 1.807) is 0 Å². The van der Waals surface area contributed by atoms with Gasteiger partial charge in [-0.1, -0.05) is 31.5 Å². The smallest absolute Gasteiger partial charge is 0.193 e. The van der Waals surface area contributed by atoms with E-state index in [9.17, 15) is 0 Å². The standard InChI is InChI=1S/C16H27N3O/c1-4-5-13-19(3)16(17-2)18-12-9-14-20-15-10-7-6-8-11-15/h6-8,10-11H,4-5,9,12-14H2,1-3H3,(H,17,18). The number of nitrogens with zero attached hydrogens (tertiary/aromatic N) is 2. The van der Waals surface area contributed by atoms with Crippen molar-refractivity contribution in [3.8, 4) is 5.75 Å². The molecule has 0 spiro atoms. The van der Waals surface area contributed by atoms with Crippen LogP contribution in [0.1, 0.15) is 26.2 Å². The van der Waals surface area contributed by atoms with Gasteiger partial charge in [-0.2, -0.15) is 0 Å². The van der Waals surface area contributed by atoms with Gasteiger partial charge in [-0.05, 0) is 25.0 Å². The second kappa shape index (κ2) is 10.1. The first kappa shape index (κ1) is 16.3. The maximum absolute atomic E-state index is 5.65. The number of hydrogen-bond acceptors (Lipinski definition) is 2. The molecule has 1 aromatic carbocycles. The van der Waals surface area contributed by atoms with Gasteiger partial charge >= 0.3 is 0 Å². The summed E-state index contributed by atoms with van der Waals surface area (Å²) in [6.45, 7) is 4.82. The highest BCUT2D eigenvalue weighted by atomic mass is 16.5. The summed E-state index contributed by atoms with van der Waals surface area (Å²) in [4.78, 5) is 6.46. The molecule has 0 aromatic heterocycles. The predicted octanol–water partition coefficient (Wildman–Crippen LogP) is 2.76. The highest BCUT2D eigenvalue weighted by Crippen LogP contribution is 2.08. The summed E-state index contributed by atoms with van der Waals surface area (Å²) in [6, 6.07) is 9.91. The average Bonchev–Trinajstić information content (AvgIpc) is 2.49. The van der Waals surface area contributed by atoms with Gasteiger partial charge in [0, 0.05) is 27.2 Å². The van der Waals surface area contributed by atoms with E-state index in [4.69, 9.17) is 4.74 Å². The molecular weight excluding hydrogens is 250 g/mol. The van der Waals surface area contributed by atoms with Crippen molar-refractivity contribution in [2.45, 2.75) is 26.2 Å². The average molecular weight is 277 g/mol. The number of hydrogen-bond donors (Lipinski definition) is 1. The minimum Gasteiger partial charge on any atom is -0.494 e. The third-order valence-corrected chi connectivity index (χ3v) is 3.04. The van der Waals surface area contributed by atoms with Gasteiger partial charge < -0.3 is 15.0 Å². The van der Waals surface area contributed by atoms with Crippen LogP contribution in [0, 0.1) is 0 Å². The van der Waals surface area contributed by atoms with Crippen LogP contribution in [0.2, 0.25) is 0 Å². The summed E-state index contributed by atoms with van der Waals surface area (Å²) in [5, 5.41) is 3.36. The second-order valence-corrected chi connectivity index (χ2v) is 4.76. The molecule has 20 heavy (non-hydrogen) atoms. The highest BCUT2D eigenvalue weighted by molar-refractivity contribution is 5.79. The molecule has 0 saturated heterocycles. The molecule has 4 nitrogen and oxygen atoms in total. The van der Waals surface area contributed by atoms with Crippen LogP contribution in [-0.2, 0) is 0 Å². The van der Waals surface area contributed by atoms with Crippen LogP contribution >= 0.6 is 0 Å². The molecule has 0 atom stereocenters. The fourth-order valence-corrected chi connectivity index (χ4v) is 1.87. The van der Waals surface area contributed by atoms with Crippen LogP contribution in [-0.4, -0.2) is 44.7 Å². The zero-order valence-corrected chi connectivity index (χ0v) is 12.9. The van der Waals surface area contributed by atoms with Crippen LogP contribution in [0.3, 0.4) is 0 Å². The third kappa shape index (κ3) is 6.45. The molecule has 0 saturated carbocycles. The summed E-state index contributed by atoms with van der Waals surface area (Å²) < 4.78 is 5.65. The number of para-hydroxylation sites is 1. The molecule has 0 unspecified atom stereocenters. The molecule has 4 heteroatoms. The molecule has 0 heterocycles. The number of nitrogens with one attached hydrogen (secondary N) is 1. The van der Waals surface area contributed by atoms with Gasteiger partial charge in [0.15, 0.2) is 5.96 Å². The van der Waals surface area contributed by atoms with Crippen molar-refractivity contribution < 1.29 is 4.74 Å². The Morgan fingerprint density at radius 2 is 2.00 bits per heavy atom. The van der Waals surface area contributed by atoms with Gasteiger partial charge in [-0.3, -0.25) is 4.99 Å². The van der Waals surface area contributed by atoms with Gasteiger partial charge in [0.25, 0.3) is 0 Å². The Balaban J connectivity index is 2.15. The number of ether oxygens (including phenoxy) is 1. The first-order valence-electron chi connectivity index (χ1n) is 7.37. The lowest BCUT2D eigenvalue weighted by Gasteiger charge is -2.21. The molecule has 1 aromatic rings. The van der Waals surface area contributed by atoms with Crippen molar-refractivity contribution in [3.05, 3.63) is 30.3 Å². The van der Waals surface area contributed by atoms with E-state index in [1.807, 2.05) is 37.4 Å². The largest absolute Gasteiger partial charge is 0.494 e. The highest BCUT2D eigenvalue weighted by Gasteiger charge is 2.03. The summed E-state index contributed by atoms with van der Waals surface area (Å²) in [7, 11) is 3.90. The fourth-order valence-electron chi connectivity index (χ4n) is 1.87. The van der Waals surface area contributed by atoms with E-state index in [1.165, 1.54) is 12.8 Å². The lowest BCUT2D eigenvalue weighted by atomic mass is 10.3. The van der Waals surface area contributed by atoms with E-state index in [0.29, 0.717) is 6.61 Å². The van der Waals surface area contributed by atoms with Gasteiger partial charge in [-0.25, -0.2) is 0 Å². The Hall–Kier alpha value is -1.71. The quantitative estimate of drug-likeness (QED) is 0.451. The van der Waals surface area contributed by atoms with E-state index >= 15 is 0 Å². The fraction of sp³-hybridized carbons (Fsp3) is 0.562. The Morgan fingerprint density at radius 1 is 1.25 bits per heavy atom. The van der Waals surface area contributed by atoms with Gasteiger partial charge in [0.2, 0.25) is 0 Å². The molecule has 0 aliphatic rings. The molecule has 1 rings (SSSR count). The predicted molar refractivity (Wildman–Crippen MR) is 85.5 cm³/mol. The van der Waals surface area contributed by atoms with Crippen molar-refractivity contribution in [1.29, 1.82) is 0 Å². The lowest BCUT2D eigenvalue weighted by molar-refractivity contribution is 0.310. The van der Waals surface area contributed by atoms with E-state index in [0.717, 1.165) is 31.2 Å². The Morgan fingerprint density at radius 3 is 2.65 bits per heavy atom. The van der Waals surface area contributed by atoms with E-state index in [-0.39, 0.29) is 0 Å². The first-order valence-corrected chi connectivity index (χ1v) is 7.37. The molecular formula is C16H27N3O. The maximum Gasteiger partial charge on any atom is 0.193 e. The summed E-state index contributed by atoms with van der Waals surface area (Å²) in [5.74, 6) is 1.88. The zero-order chi connectivity index (χ0) is 14.6. The number of rotatable bonds is 8. The molecule has 1 N–H and O–H groups in total. The van der Waals surface area contributed by atoms with Crippen LogP contribution in [0.15, 0.2) is 35.3 Å². The number of unbranched alkanes of at least 4 members (excludes halogenated alkanes) is 1. The molecule has 0 aliphatic carbocycles. The van der Waals surface area contributed by atoms with E-state index in [2.05, 4.69) is 29.2 Å². The number of aliphatic imine (C=N–C) groups is 1. The summed E-state index contributed by atoms with van der Waals surface area (Å²) in [6.07, 6.45) is 3.34. The minimum atomic E-state index is 0.715. The Kier molecular flexibility index (Phi) is 8.27. The minimum absolute atomic E-state index is 0.715. The SMILES string of the molecule is CCCCN(C)C(=NC)NCCCOc1ccccc1. The van der Waals surface area contributed by atoms with Crippen molar-refractivity contribution in [2.75, 3.05) is 33.8 Å². The van der Waals surface area contributed by atoms with Gasteiger partial charge in [0.05, 0.1) is 6.61 Å². The third-order valence-electron chi connectivity index (χ3n) is 3.04. The van der Waals surface area contributed by atoms with Gasteiger partial charge in [0.1, 0.15) is 5.75 Å². The first-order chi connectivity index (χ1) is 9.77. The summed E-state index contributed by atoms with van der Waals surface area (Å²) in [5.41, 5.74) is 0. The Bertz CT molecular complexity index is 379. The number of guanidine groups is 1. The van der Waals surface area contributed by atoms with Crippen LogP contribution in [0.5, 0.6) is 5.75 Å². The van der Waals surface area contributed by atoms with Crippen LogP contribution < -0.4 is 10.1 Å². The molecule has 0 radical (unpaired) electrons. The van der Waals surface area contributed by atoms with Crippen LogP contribution in [0.25, 0.3) is 0 Å². The molecule has 0 fully saturated rings. The zero-order valence-electron chi connectivity index (χ0n) is 12.9. The normalized spacial score (nSPS) is 11.2. The van der Waals surface area contributed by atoms with Crippen molar-refractivity contribution in [3.63, 3.8) is 0 Å². The topological polar surface area (TPSA) is 36.9 Å². The molecule has 0 amide bonds. The number of benzene rings is 1. The van der Waals surface area contributed by atoms with E-state index < -0.39 is 0 Å². The van der Waals surface area contributed by atoms with Crippen molar-refractivity contribution in [2.24, 2.45) is 4.99 Å². The maximum atomic E-state index is 5.65. The lowest BCUT2D eigenvalue weighted by Crippen LogP contribution is -2.40. The summed E-state index contributed by atoms with van der Waals surface area (Å²) >= 11 is 0. The Labute approximate surface area is 122 Å². The monoisotopic (exact) mass is 277 g/mol. The molecule has 0 aliphatic heterocycles. The second-order valence-electron chi connectivity index (χ2n) is 4.76.